The second-order valence-corrected chi connectivity index (χ2v) is 9.01. The van der Waals surface area contributed by atoms with Crippen molar-refractivity contribution in [1.82, 2.24) is 9.88 Å². The molecule has 34 heavy (non-hydrogen) atoms. The van der Waals surface area contributed by atoms with Gasteiger partial charge in [-0.3, -0.25) is 4.79 Å². The maximum Gasteiger partial charge on any atom is 0.162 e. The molecular formula is C31H30N2O. The van der Waals surface area contributed by atoms with Gasteiger partial charge < -0.3 is 9.88 Å². The van der Waals surface area contributed by atoms with Crippen LogP contribution in [0, 0.1) is 6.92 Å². The van der Waals surface area contributed by atoms with E-state index >= 15 is 0 Å². The van der Waals surface area contributed by atoms with E-state index in [1.165, 1.54) is 32.9 Å². The number of benzene rings is 4. The van der Waals surface area contributed by atoms with Gasteiger partial charge in [0.15, 0.2) is 5.78 Å². The smallest absolute Gasteiger partial charge is 0.162 e. The molecule has 1 heterocycles. The van der Waals surface area contributed by atoms with E-state index in [4.69, 9.17) is 0 Å². The fourth-order valence-corrected chi connectivity index (χ4v) is 4.72. The molecule has 0 spiro atoms. The SMILES string of the molecule is Cc1cccc(C(=O)CCCNCc2ccc3c(c2)c2ccccc2n3Cc2ccccc2)c1. The normalized spacial score (nSPS) is 11.3. The van der Waals surface area contributed by atoms with Gasteiger partial charge in [0, 0.05) is 46.9 Å². The molecule has 0 atom stereocenters. The Balaban J connectivity index is 1.26. The Morgan fingerprint density at radius 2 is 1.56 bits per heavy atom. The summed E-state index contributed by atoms with van der Waals surface area (Å²) in [4.78, 5) is 12.4. The van der Waals surface area contributed by atoms with Crippen LogP contribution in [0.3, 0.4) is 0 Å². The summed E-state index contributed by atoms with van der Waals surface area (Å²) in [6, 6.07) is 33.9. The fourth-order valence-electron chi connectivity index (χ4n) is 4.72. The van der Waals surface area contributed by atoms with Crippen LogP contribution < -0.4 is 5.32 Å². The number of ketones is 1. The third-order valence-corrected chi connectivity index (χ3v) is 6.45. The molecule has 1 aromatic heterocycles. The lowest BCUT2D eigenvalue weighted by Crippen LogP contribution is -2.16. The number of hydrogen-bond donors (Lipinski definition) is 1. The van der Waals surface area contributed by atoms with Gasteiger partial charge in [-0.2, -0.15) is 0 Å². The first-order valence-electron chi connectivity index (χ1n) is 12.0. The van der Waals surface area contributed by atoms with E-state index < -0.39 is 0 Å². The summed E-state index contributed by atoms with van der Waals surface area (Å²) in [7, 11) is 0. The average Bonchev–Trinajstić information content (AvgIpc) is 3.17. The first kappa shape index (κ1) is 22.1. The molecule has 0 aliphatic rings. The third-order valence-electron chi connectivity index (χ3n) is 6.45. The summed E-state index contributed by atoms with van der Waals surface area (Å²) in [6.45, 7) is 4.50. The summed E-state index contributed by atoms with van der Waals surface area (Å²) in [6.07, 6.45) is 1.41. The molecule has 0 fully saturated rings. The van der Waals surface area contributed by atoms with E-state index in [0.717, 1.165) is 37.2 Å². The van der Waals surface area contributed by atoms with Gasteiger partial charge in [-0.15, -0.1) is 0 Å². The predicted molar refractivity (Wildman–Crippen MR) is 141 cm³/mol. The van der Waals surface area contributed by atoms with E-state index in [1.54, 1.807) is 0 Å². The lowest BCUT2D eigenvalue weighted by atomic mass is 10.0. The topological polar surface area (TPSA) is 34.0 Å². The predicted octanol–water partition coefficient (Wildman–Crippen LogP) is 6.90. The molecule has 1 N–H and O–H groups in total. The molecule has 4 aromatic carbocycles. The largest absolute Gasteiger partial charge is 0.336 e. The molecule has 0 radical (unpaired) electrons. The van der Waals surface area contributed by atoms with Gasteiger partial charge in [0.25, 0.3) is 0 Å². The summed E-state index contributed by atoms with van der Waals surface area (Å²) in [5, 5.41) is 6.10. The summed E-state index contributed by atoms with van der Waals surface area (Å²) in [5.41, 5.74) is 7.04. The van der Waals surface area contributed by atoms with Gasteiger partial charge in [-0.1, -0.05) is 78.4 Å². The van der Waals surface area contributed by atoms with Gasteiger partial charge in [0.1, 0.15) is 0 Å². The number of aromatic nitrogens is 1. The number of para-hydroxylation sites is 1. The van der Waals surface area contributed by atoms with Gasteiger partial charge in [-0.05, 0) is 55.3 Å². The maximum absolute atomic E-state index is 12.4. The molecule has 0 unspecified atom stereocenters. The molecule has 0 amide bonds. The summed E-state index contributed by atoms with van der Waals surface area (Å²) >= 11 is 0. The number of nitrogens with one attached hydrogen (secondary N) is 1. The van der Waals surface area contributed by atoms with Gasteiger partial charge >= 0.3 is 0 Å². The Morgan fingerprint density at radius 3 is 2.41 bits per heavy atom. The van der Waals surface area contributed by atoms with Crippen LogP contribution in [0.15, 0.2) is 97.1 Å². The summed E-state index contributed by atoms with van der Waals surface area (Å²) < 4.78 is 2.41. The van der Waals surface area contributed by atoms with Crippen LogP contribution in [0.25, 0.3) is 21.8 Å². The van der Waals surface area contributed by atoms with Crippen molar-refractivity contribution in [2.24, 2.45) is 0 Å². The Hall–Kier alpha value is -3.69. The molecule has 3 heteroatoms. The van der Waals surface area contributed by atoms with E-state index in [2.05, 4.69) is 82.7 Å². The molecule has 0 bridgehead atoms. The number of hydrogen-bond acceptors (Lipinski definition) is 2. The molecule has 5 aromatic rings. The van der Waals surface area contributed by atoms with Crippen LogP contribution in [0.5, 0.6) is 0 Å². The molecule has 3 nitrogen and oxygen atoms in total. The van der Waals surface area contributed by atoms with Crippen LogP contribution in [0.1, 0.15) is 39.9 Å². The van der Waals surface area contributed by atoms with E-state index in [9.17, 15) is 4.79 Å². The Kier molecular flexibility index (Phi) is 6.55. The molecular weight excluding hydrogens is 416 g/mol. The first-order valence-corrected chi connectivity index (χ1v) is 12.0. The second kappa shape index (κ2) is 10.1. The zero-order chi connectivity index (χ0) is 23.3. The molecule has 0 saturated heterocycles. The van der Waals surface area contributed by atoms with Crippen molar-refractivity contribution in [2.45, 2.75) is 32.9 Å². The zero-order valence-corrected chi connectivity index (χ0v) is 19.6. The Morgan fingerprint density at radius 1 is 0.765 bits per heavy atom. The van der Waals surface area contributed by atoms with Crippen LogP contribution >= 0.6 is 0 Å². The van der Waals surface area contributed by atoms with Crippen molar-refractivity contribution in [2.75, 3.05) is 6.54 Å². The molecule has 0 aliphatic carbocycles. The highest BCUT2D eigenvalue weighted by molar-refractivity contribution is 6.08. The Bertz CT molecular complexity index is 1430. The van der Waals surface area contributed by atoms with Crippen LogP contribution in [-0.2, 0) is 13.1 Å². The lowest BCUT2D eigenvalue weighted by molar-refractivity contribution is 0.0980. The van der Waals surface area contributed by atoms with Gasteiger partial charge in [-0.25, -0.2) is 0 Å². The van der Waals surface area contributed by atoms with Crippen molar-refractivity contribution >= 4 is 27.6 Å². The Labute approximate surface area is 201 Å². The highest BCUT2D eigenvalue weighted by Gasteiger charge is 2.11. The quantitative estimate of drug-likeness (QED) is 0.197. The van der Waals surface area contributed by atoms with E-state index in [-0.39, 0.29) is 5.78 Å². The van der Waals surface area contributed by atoms with Crippen molar-refractivity contribution in [1.29, 1.82) is 0 Å². The van der Waals surface area contributed by atoms with Crippen molar-refractivity contribution in [3.8, 4) is 0 Å². The van der Waals surface area contributed by atoms with Gasteiger partial charge in [0.2, 0.25) is 0 Å². The minimum Gasteiger partial charge on any atom is -0.336 e. The van der Waals surface area contributed by atoms with Crippen LogP contribution in [0.2, 0.25) is 0 Å². The van der Waals surface area contributed by atoms with Crippen molar-refractivity contribution in [3.63, 3.8) is 0 Å². The molecule has 170 valence electrons. The second-order valence-electron chi connectivity index (χ2n) is 9.01. The third kappa shape index (κ3) is 4.80. The molecule has 5 rings (SSSR count). The minimum atomic E-state index is 0.221. The maximum atomic E-state index is 12.4. The number of aryl methyl sites for hydroxylation is 1. The van der Waals surface area contributed by atoms with Crippen molar-refractivity contribution < 1.29 is 4.79 Å². The number of nitrogens with zero attached hydrogens (tertiary/aromatic N) is 1. The monoisotopic (exact) mass is 446 g/mol. The highest BCUT2D eigenvalue weighted by atomic mass is 16.1. The number of carbonyl (C=O) groups excluding carboxylic acids is 1. The molecule has 0 saturated carbocycles. The van der Waals surface area contributed by atoms with Crippen molar-refractivity contribution in [3.05, 3.63) is 119 Å². The van der Waals surface area contributed by atoms with E-state index in [0.29, 0.717) is 6.42 Å². The van der Waals surface area contributed by atoms with E-state index in [1.807, 2.05) is 31.2 Å². The molecule has 0 aliphatic heterocycles. The highest BCUT2D eigenvalue weighted by Crippen LogP contribution is 2.30. The summed E-state index contributed by atoms with van der Waals surface area (Å²) in [5.74, 6) is 0.221. The standard InChI is InChI=1S/C31H30N2O/c1-23-9-7-12-26(19-23)31(34)15-8-18-32-21-25-16-17-30-28(20-25)27-13-5-6-14-29(27)33(30)22-24-10-3-2-4-11-24/h2-7,9-14,16-17,19-20,32H,8,15,18,21-22H2,1H3. The number of fused-ring (bicyclic) bond motifs is 3. The average molecular weight is 447 g/mol. The fraction of sp³-hybridized carbons (Fsp3) is 0.194. The van der Waals surface area contributed by atoms with Crippen LogP contribution in [0.4, 0.5) is 0 Å². The van der Waals surface area contributed by atoms with Gasteiger partial charge in [0.05, 0.1) is 0 Å². The number of carbonyl (C=O) groups is 1. The van der Waals surface area contributed by atoms with Crippen LogP contribution in [-0.4, -0.2) is 16.9 Å². The number of Topliss-reactive ketones (excluding diaryl/α,β-unsaturated/α-hetero) is 1. The minimum absolute atomic E-state index is 0.221. The number of rotatable bonds is 9. The zero-order valence-electron chi connectivity index (χ0n) is 19.6. The lowest BCUT2D eigenvalue weighted by Gasteiger charge is -2.09. The first-order chi connectivity index (χ1) is 16.7.